The molecule has 0 heterocycles. The van der Waals surface area contributed by atoms with Crippen molar-refractivity contribution in [1.29, 1.82) is 5.41 Å². The number of unbranched alkanes of at least 4 members (excludes halogenated alkanes) is 9. The molecule has 0 bridgehead atoms. The van der Waals surface area contributed by atoms with Gasteiger partial charge < -0.3 is 10.6 Å². The Balaban J connectivity index is 2.28. The lowest BCUT2D eigenvalue weighted by Crippen LogP contribution is -2.44. The first kappa shape index (κ1) is 24.2. The molecule has 28 heavy (non-hydrogen) atoms. The molecule has 0 aliphatic heterocycles. The molecule has 0 saturated carbocycles. The summed E-state index contributed by atoms with van der Waals surface area (Å²) in [4.78, 5) is 14.1. The minimum Gasteiger partial charge on any atom is -0.386 e. The predicted octanol–water partition coefficient (Wildman–Crippen LogP) is 5.94. The van der Waals surface area contributed by atoms with Gasteiger partial charge in [0.25, 0.3) is 5.91 Å². The molecule has 1 atom stereocenters. The van der Waals surface area contributed by atoms with Gasteiger partial charge in [0.2, 0.25) is 0 Å². The molecular formula is C24H41N3O. The highest BCUT2D eigenvalue weighted by Crippen LogP contribution is 2.14. The molecule has 0 spiro atoms. The Kier molecular flexibility index (Phi) is 12.3. The molecule has 4 nitrogen and oxygen atoms in total. The van der Waals surface area contributed by atoms with Gasteiger partial charge in [0, 0.05) is 12.6 Å². The highest BCUT2D eigenvalue weighted by molar-refractivity contribution is 5.97. The summed E-state index contributed by atoms with van der Waals surface area (Å²) in [6.07, 6.45) is 15.2. The van der Waals surface area contributed by atoms with Crippen LogP contribution < -0.4 is 5.73 Å². The SMILES string of the molecule is CCCCCCCCCCCCc1ccc(C(=O)N(C)[C@H](CC)C(=N)N)cc1. The zero-order chi connectivity index (χ0) is 20.8. The van der Waals surface area contributed by atoms with Crippen LogP contribution in [-0.2, 0) is 6.42 Å². The molecule has 0 aromatic heterocycles. The zero-order valence-electron chi connectivity index (χ0n) is 18.3. The van der Waals surface area contributed by atoms with E-state index in [-0.39, 0.29) is 17.8 Å². The van der Waals surface area contributed by atoms with E-state index in [0.717, 1.165) is 6.42 Å². The normalized spacial score (nSPS) is 12.0. The van der Waals surface area contributed by atoms with Gasteiger partial charge in [-0.3, -0.25) is 10.2 Å². The molecule has 1 rings (SSSR count). The van der Waals surface area contributed by atoms with Crippen molar-refractivity contribution in [2.24, 2.45) is 5.73 Å². The summed E-state index contributed by atoms with van der Waals surface area (Å²) >= 11 is 0. The molecule has 0 fully saturated rings. The number of hydrogen-bond acceptors (Lipinski definition) is 2. The topological polar surface area (TPSA) is 70.2 Å². The lowest BCUT2D eigenvalue weighted by Gasteiger charge is -2.26. The van der Waals surface area contributed by atoms with E-state index < -0.39 is 0 Å². The number of carbonyl (C=O) groups excluding carboxylic acids is 1. The maximum Gasteiger partial charge on any atom is 0.254 e. The quantitative estimate of drug-likeness (QED) is 0.222. The van der Waals surface area contributed by atoms with Gasteiger partial charge in [0.15, 0.2) is 0 Å². The number of amidine groups is 1. The van der Waals surface area contributed by atoms with E-state index >= 15 is 0 Å². The van der Waals surface area contributed by atoms with Crippen LogP contribution in [0.2, 0.25) is 0 Å². The monoisotopic (exact) mass is 387 g/mol. The molecule has 3 N–H and O–H groups in total. The van der Waals surface area contributed by atoms with E-state index in [1.165, 1.54) is 69.8 Å². The number of nitrogens with one attached hydrogen (secondary N) is 1. The Morgan fingerprint density at radius 2 is 1.43 bits per heavy atom. The second kappa shape index (κ2) is 14.2. The van der Waals surface area contributed by atoms with Crippen LogP contribution in [0.5, 0.6) is 0 Å². The van der Waals surface area contributed by atoms with Gasteiger partial charge in [-0.1, -0.05) is 83.8 Å². The lowest BCUT2D eigenvalue weighted by molar-refractivity contribution is 0.0766. The second-order valence-electron chi connectivity index (χ2n) is 7.92. The fourth-order valence-electron chi connectivity index (χ4n) is 3.68. The average molecular weight is 388 g/mol. The summed E-state index contributed by atoms with van der Waals surface area (Å²) in [5.74, 6) is -0.0385. The number of carbonyl (C=O) groups is 1. The van der Waals surface area contributed by atoms with E-state index in [1.807, 2.05) is 19.1 Å². The van der Waals surface area contributed by atoms with Crippen LogP contribution in [0, 0.1) is 5.41 Å². The fourth-order valence-corrected chi connectivity index (χ4v) is 3.68. The van der Waals surface area contributed by atoms with Crippen molar-refractivity contribution in [1.82, 2.24) is 4.90 Å². The minimum atomic E-state index is -0.334. The van der Waals surface area contributed by atoms with Crippen LogP contribution in [0.1, 0.15) is 100 Å². The molecule has 0 saturated heterocycles. The van der Waals surface area contributed by atoms with Crippen molar-refractivity contribution in [3.63, 3.8) is 0 Å². The number of nitrogens with two attached hydrogens (primary N) is 1. The van der Waals surface area contributed by atoms with Crippen LogP contribution in [-0.4, -0.2) is 29.7 Å². The van der Waals surface area contributed by atoms with E-state index in [4.69, 9.17) is 11.1 Å². The van der Waals surface area contributed by atoms with Gasteiger partial charge in [-0.2, -0.15) is 0 Å². The van der Waals surface area contributed by atoms with E-state index in [2.05, 4.69) is 19.1 Å². The Bertz CT molecular complexity index is 568. The maximum atomic E-state index is 12.6. The molecule has 4 heteroatoms. The standard InChI is InChI=1S/C24H41N3O/c1-4-6-7-8-9-10-11-12-13-14-15-20-16-18-21(19-17-20)24(28)27(3)22(5-2)23(25)26/h16-19,22H,4-15H2,1-3H3,(H3,25,26)/t22-/m1/s1. The van der Waals surface area contributed by atoms with E-state index in [0.29, 0.717) is 12.0 Å². The van der Waals surface area contributed by atoms with Crippen LogP contribution in [0.25, 0.3) is 0 Å². The van der Waals surface area contributed by atoms with E-state index in [9.17, 15) is 4.79 Å². The number of amides is 1. The summed E-state index contributed by atoms with van der Waals surface area (Å²) in [5, 5.41) is 7.63. The fraction of sp³-hybridized carbons (Fsp3) is 0.667. The van der Waals surface area contributed by atoms with Crippen LogP contribution in [0.15, 0.2) is 24.3 Å². The molecular weight excluding hydrogens is 346 g/mol. The summed E-state index contributed by atoms with van der Waals surface area (Å²) in [6, 6.07) is 7.58. The Labute approximate surface area is 172 Å². The highest BCUT2D eigenvalue weighted by atomic mass is 16.2. The van der Waals surface area contributed by atoms with Gasteiger partial charge in [-0.15, -0.1) is 0 Å². The van der Waals surface area contributed by atoms with Crippen LogP contribution >= 0.6 is 0 Å². The minimum absolute atomic E-state index is 0.0379. The van der Waals surface area contributed by atoms with Gasteiger partial charge in [0.05, 0.1) is 6.04 Å². The molecule has 0 aliphatic carbocycles. The van der Waals surface area contributed by atoms with Crippen molar-refractivity contribution >= 4 is 11.7 Å². The number of nitrogens with zero attached hydrogens (tertiary/aromatic N) is 1. The maximum absolute atomic E-state index is 12.6. The summed E-state index contributed by atoms with van der Waals surface area (Å²) < 4.78 is 0. The lowest BCUT2D eigenvalue weighted by atomic mass is 10.0. The highest BCUT2D eigenvalue weighted by Gasteiger charge is 2.21. The van der Waals surface area contributed by atoms with Crippen LogP contribution in [0.3, 0.4) is 0 Å². The Hall–Kier alpha value is -1.84. The second-order valence-corrected chi connectivity index (χ2v) is 7.92. The number of benzene rings is 1. The van der Waals surface area contributed by atoms with Crippen molar-refractivity contribution in [2.45, 2.75) is 96.9 Å². The first-order valence-corrected chi connectivity index (χ1v) is 11.2. The number of aryl methyl sites for hydroxylation is 1. The third-order valence-corrected chi connectivity index (χ3v) is 5.55. The first-order chi connectivity index (χ1) is 13.5. The van der Waals surface area contributed by atoms with Gasteiger partial charge in [-0.05, 0) is 37.0 Å². The number of rotatable bonds is 15. The smallest absolute Gasteiger partial charge is 0.254 e. The summed E-state index contributed by atoms with van der Waals surface area (Å²) in [6.45, 7) is 4.20. The third kappa shape index (κ3) is 8.90. The molecule has 1 aromatic carbocycles. The zero-order valence-corrected chi connectivity index (χ0v) is 18.3. The van der Waals surface area contributed by atoms with Gasteiger partial charge in [-0.25, -0.2) is 0 Å². The third-order valence-electron chi connectivity index (χ3n) is 5.55. The summed E-state index contributed by atoms with van der Waals surface area (Å²) in [7, 11) is 1.72. The van der Waals surface area contributed by atoms with Crippen molar-refractivity contribution < 1.29 is 4.79 Å². The molecule has 0 aliphatic rings. The van der Waals surface area contributed by atoms with Crippen molar-refractivity contribution in [3.05, 3.63) is 35.4 Å². The Morgan fingerprint density at radius 1 is 0.929 bits per heavy atom. The molecule has 158 valence electrons. The number of hydrogen-bond donors (Lipinski definition) is 2. The summed E-state index contributed by atoms with van der Waals surface area (Å²) in [5.41, 5.74) is 7.55. The average Bonchev–Trinajstić information content (AvgIpc) is 2.69. The molecule has 0 radical (unpaired) electrons. The van der Waals surface area contributed by atoms with Crippen molar-refractivity contribution in [2.75, 3.05) is 7.05 Å². The predicted molar refractivity (Wildman–Crippen MR) is 120 cm³/mol. The molecule has 0 unspecified atom stereocenters. The number of likely N-dealkylation sites (N-methyl/N-ethyl adjacent to an activating group) is 1. The molecule has 1 aromatic rings. The Morgan fingerprint density at radius 3 is 1.89 bits per heavy atom. The molecule has 1 amide bonds. The van der Waals surface area contributed by atoms with Gasteiger partial charge >= 0.3 is 0 Å². The van der Waals surface area contributed by atoms with Crippen molar-refractivity contribution in [3.8, 4) is 0 Å². The first-order valence-electron chi connectivity index (χ1n) is 11.2. The van der Waals surface area contributed by atoms with E-state index in [1.54, 1.807) is 11.9 Å². The van der Waals surface area contributed by atoms with Crippen LogP contribution in [0.4, 0.5) is 0 Å². The largest absolute Gasteiger partial charge is 0.386 e. The van der Waals surface area contributed by atoms with Gasteiger partial charge in [0.1, 0.15) is 5.84 Å².